The summed E-state index contributed by atoms with van der Waals surface area (Å²) in [6.07, 6.45) is 2.39. The normalized spacial score (nSPS) is 14.8. The molecule has 0 aliphatic heterocycles. The minimum atomic E-state index is -0.269. The fourth-order valence-electron chi connectivity index (χ4n) is 3.84. The number of benzene rings is 2. The Morgan fingerprint density at radius 1 is 1.07 bits per heavy atom. The van der Waals surface area contributed by atoms with Gasteiger partial charge in [-0.2, -0.15) is 0 Å². The molecule has 0 amide bonds. The zero-order valence-corrected chi connectivity index (χ0v) is 18.0. The average molecular weight is 433 g/mol. The predicted molar refractivity (Wildman–Crippen MR) is 121 cm³/mol. The molecule has 0 saturated heterocycles. The summed E-state index contributed by atoms with van der Waals surface area (Å²) in [7, 11) is 1.97. The molecular weight excluding hydrogens is 416 g/mol. The Morgan fingerprint density at radius 2 is 1.77 bits per heavy atom. The third kappa shape index (κ3) is 2.85. The molecule has 148 valence electrons. The first-order valence-electron chi connectivity index (χ1n) is 9.63. The van der Waals surface area contributed by atoms with Gasteiger partial charge in [0.25, 0.3) is 0 Å². The zero-order valence-electron chi connectivity index (χ0n) is 16.4. The topological polar surface area (TPSA) is 52.0 Å². The van der Waals surface area contributed by atoms with Crippen LogP contribution in [0.5, 0.6) is 0 Å². The Bertz CT molecular complexity index is 1380. The van der Waals surface area contributed by atoms with Crippen LogP contribution in [-0.4, -0.2) is 21.1 Å². The Kier molecular flexibility index (Phi) is 4.45. The van der Waals surface area contributed by atoms with Crippen LogP contribution in [0.2, 0.25) is 5.02 Å². The molecule has 4 aromatic rings. The molecule has 0 atom stereocenters. The van der Waals surface area contributed by atoms with Gasteiger partial charge in [0.1, 0.15) is 10.7 Å². The molecule has 0 fully saturated rings. The van der Waals surface area contributed by atoms with Gasteiger partial charge in [-0.05, 0) is 36.3 Å². The fraction of sp³-hybridized carbons (Fsp3) is 0.125. The monoisotopic (exact) mass is 432 g/mol. The first-order valence-corrected chi connectivity index (χ1v) is 10.8. The third-order valence-electron chi connectivity index (χ3n) is 5.46. The number of Topliss-reactive ketones (excluding diaryl/α,β-unsaturated/α-hetero) is 2. The molecule has 0 radical (unpaired) electrons. The molecule has 4 nitrogen and oxygen atoms in total. The molecule has 30 heavy (non-hydrogen) atoms. The summed E-state index contributed by atoms with van der Waals surface area (Å²) in [5.41, 5.74) is 3.90. The Hall–Kier alpha value is -3.02. The number of thiophene rings is 1. The highest BCUT2D eigenvalue weighted by molar-refractivity contribution is 7.19. The first kappa shape index (κ1) is 19.0. The smallest absolute Gasteiger partial charge is 0.197 e. The highest BCUT2D eigenvalue weighted by Crippen LogP contribution is 2.35. The molecule has 0 spiro atoms. The lowest BCUT2D eigenvalue weighted by molar-refractivity contribution is 0.0990. The van der Waals surface area contributed by atoms with Gasteiger partial charge in [0, 0.05) is 33.6 Å². The Balaban J connectivity index is 1.55. The van der Waals surface area contributed by atoms with E-state index in [4.69, 9.17) is 16.6 Å². The van der Waals surface area contributed by atoms with Gasteiger partial charge in [0.2, 0.25) is 0 Å². The van der Waals surface area contributed by atoms with Crippen molar-refractivity contribution in [2.24, 2.45) is 7.05 Å². The summed E-state index contributed by atoms with van der Waals surface area (Å²) in [5, 5.41) is 0.526. The molecule has 2 heterocycles. The van der Waals surface area contributed by atoms with E-state index < -0.39 is 0 Å². The van der Waals surface area contributed by atoms with Crippen LogP contribution < -0.4 is 0 Å². The predicted octanol–water partition coefficient (Wildman–Crippen LogP) is 5.98. The molecule has 0 unspecified atom stereocenters. The van der Waals surface area contributed by atoms with Gasteiger partial charge in [0.15, 0.2) is 11.6 Å². The van der Waals surface area contributed by atoms with E-state index in [2.05, 4.69) is 0 Å². The van der Waals surface area contributed by atoms with Crippen molar-refractivity contribution in [3.05, 3.63) is 80.7 Å². The molecule has 5 rings (SSSR count). The molecule has 1 aliphatic carbocycles. The number of nitrogens with zero attached hydrogens (tertiary/aromatic N) is 2. The van der Waals surface area contributed by atoms with Crippen LogP contribution in [-0.2, 0) is 13.5 Å². The van der Waals surface area contributed by atoms with Gasteiger partial charge in [-0.15, -0.1) is 11.3 Å². The molecule has 0 bridgehead atoms. The van der Waals surface area contributed by atoms with E-state index in [1.54, 1.807) is 18.2 Å². The first-order chi connectivity index (χ1) is 14.5. The van der Waals surface area contributed by atoms with Crippen molar-refractivity contribution in [2.75, 3.05) is 0 Å². The molecular formula is C24H17ClN2O2S. The maximum atomic E-state index is 12.9. The van der Waals surface area contributed by atoms with E-state index in [0.717, 1.165) is 32.2 Å². The minimum absolute atomic E-state index is 0.184. The number of fused-ring (bicyclic) bond motifs is 2. The number of imidazole rings is 1. The number of hydrogen-bond acceptors (Lipinski definition) is 4. The number of halogens is 1. The van der Waals surface area contributed by atoms with E-state index in [1.807, 2.05) is 54.9 Å². The van der Waals surface area contributed by atoms with Crippen LogP contribution in [0, 0.1) is 0 Å². The highest BCUT2D eigenvalue weighted by atomic mass is 35.5. The number of hydrogen-bond donors (Lipinski definition) is 0. The second-order valence-corrected chi connectivity index (χ2v) is 8.73. The Labute approximate surface area is 182 Å². The van der Waals surface area contributed by atoms with Crippen molar-refractivity contribution in [1.29, 1.82) is 0 Å². The van der Waals surface area contributed by atoms with Gasteiger partial charge in [-0.1, -0.05) is 48.9 Å². The summed E-state index contributed by atoms with van der Waals surface area (Å²) >= 11 is 7.73. The Morgan fingerprint density at radius 3 is 2.43 bits per heavy atom. The lowest BCUT2D eigenvalue weighted by Crippen LogP contribution is -1.99. The van der Waals surface area contributed by atoms with Crippen LogP contribution in [0.4, 0.5) is 0 Å². The van der Waals surface area contributed by atoms with Crippen LogP contribution >= 0.6 is 22.9 Å². The lowest BCUT2D eigenvalue weighted by Gasteiger charge is -2.03. The van der Waals surface area contributed by atoms with Crippen molar-refractivity contribution >= 4 is 50.9 Å². The van der Waals surface area contributed by atoms with E-state index in [1.165, 1.54) is 11.3 Å². The number of carbonyl (C=O) groups excluding carboxylic acids is 2. The summed E-state index contributed by atoms with van der Waals surface area (Å²) in [6.45, 7) is 1.97. The molecule has 2 aromatic carbocycles. The number of aromatic nitrogens is 2. The summed E-state index contributed by atoms with van der Waals surface area (Å²) in [5.74, 6) is 0.380. The molecule has 2 aromatic heterocycles. The van der Waals surface area contributed by atoms with E-state index in [-0.39, 0.29) is 17.1 Å². The van der Waals surface area contributed by atoms with E-state index in [0.29, 0.717) is 22.6 Å². The third-order valence-corrected chi connectivity index (χ3v) is 6.78. The molecule has 0 saturated carbocycles. The van der Waals surface area contributed by atoms with Crippen LogP contribution in [0.1, 0.15) is 38.1 Å². The van der Waals surface area contributed by atoms with Crippen LogP contribution in [0.15, 0.2) is 54.1 Å². The number of allylic oxidation sites excluding steroid dienone is 1. The molecule has 0 N–H and O–H groups in total. The van der Waals surface area contributed by atoms with Gasteiger partial charge >= 0.3 is 0 Å². The second-order valence-electron chi connectivity index (χ2n) is 7.26. The lowest BCUT2D eigenvalue weighted by atomic mass is 10.0. The van der Waals surface area contributed by atoms with Crippen molar-refractivity contribution in [1.82, 2.24) is 9.55 Å². The maximum Gasteiger partial charge on any atom is 0.197 e. The number of aryl methyl sites for hydroxylation is 2. The number of carbonyl (C=O) groups is 2. The maximum absolute atomic E-state index is 12.9. The van der Waals surface area contributed by atoms with Crippen molar-refractivity contribution in [2.45, 2.75) is 13.3 Å². The standard InChI is InChI=1S/C24H17ClN2O2S/c1-3-13-9-16-17(12-19(13)25)22(29)18(21(16)28)10-15-11-20-24(30-15)26-23(27(20)2)14-7-5-4-6-8-14/h4-12H,3H2,1-2H3/b18-10-. The van der Waals surface area contributed by atoms with Gasteiger partial charge in [-0.25, -0.2) is 4.98 Å². The molecule has 6 heteroatoms. The highest BCUT2D eigenvalue weighted by Gasteiger charge is 2.34. The van der Waals surface area contributed by atoms with E-state index >= 15 is 0 Å². The molecule has 1 aliphatic rings. The second kappa shape index (κ2) is 7.04. The van der Waals surface area contributed by atoms with Gasteiger partial charge in [0.05, 0.1) is 11.1 Å². The minimum Gasteiger partial charge on any atom is -0.326 e. The number of ketones is 2. The fourth-order valence-corrected chi connectivity index (χ4v) is 5.14. The van der Waals surface area contributed by atoms with Crippen LogP contribution in [0.25, 0.3) is 27.8 Å². The SMILES string of the molecule is CCc1cc2c(cc1Cl)C(=O)/C(=C\c1cc3c(nc(-c4ccccc4)n3C)s1)C2=O. The van der Waals surface area contributed by atoms with E-state index in [9.17, 15) is 9.59 Å². The quantitative estimate of drug-likeness (QED) is 0.295. The largest absolute Gasteiger partial charge is 0.326 e. The zero-order chi connectivity index (χ0) is 21.0. The summed E-state index contributed by atoms with van der Waals surface area (Å²) in [6, 6.07) is 15.3. The van der Waals surface area contributed by atoms with Gasteiger partial charge in [-0.3, -0.25) is 9.59 Å². The van der Waals surface area contributed by atoms with Crippen molar-refractivity contribution in [3.8, 4) is 11.4 Å². The van der Waals surface area contributed by atoms with Gasteiger partial charge < -0.3 is 4.57 Å². The van der Waals surface area contributed by atoms with Crippen molar-refractivity contribution < 1.29 is 9.59 Å². The summed E-state index contributed by atoms with van der Waals surface area (Å²) in [4.78, 5) is 32.2. The number of rotatable bonds is 3. The van der Waals surface area contributed by atoms with Crippen LogP contribution in [0.3, 0.4) is 0 Å². The van der Waals surface area contributed by atoms with Crippen molar-refractivity contribution in [3.63, 3.8) is 0 Å². The average Bonchev–Trinajstić information content (AvgIpc) is 3.36. The summed E-state index contributed by atoms with van der Waals surface area (Å²) < 4.78 is 2.03.